The Bertz CT molecular complexity index is 1000. The highest BCUT2D eigenvalue weighted by Crippen LogP contribution is 2.26. The van der Waals surface area contributed by atoms with Gasteiger partial charge in [0, 0.05) is 30.5 Å². The van der Waals surface area contributed by atoms with E-state index in [-0.39, 0.29) is 42.5 Å². The van der Waals surface area contributed by atoms with E-state index < -0.39 is 0 Å². The van der Waals surface area contributed by atoms with Gasteiger partial charge in [0.1, 0.15) is 0 Å². The largest absolute Gasteiger partial charge is 0.477 e. The molecule has 1 fully saturated rings. The maximum absolute atomic E-state index is 12.8. The van der Waals surface area contributed by atoms with Crippen LogP contribution >= 0.6 is 0 Å². The molecule has 3 heterocycles. The first-order chi connectivity index (χ1) is 15.1. The van der Waals surface area contributed by atoms with E-state index in [4.69, 9.17) is 9.47 Å². The van der Waals surface area contributed by atoms with Gasteiger partial charge in [-0.25, -0.2) is 4.98 Å². The van der Waals surface area contributed by atoms with Crippen molar-refractivity contribution in [2.45, 2.75) is 38.8 Å². The van der Waals surface area contributed by atoms with Crippen molar-refractivity contribution in [2.24, 2.45) is 0 Å². The number of nitrogens with one attached hydrogen (secondary N) is 1. The summed E-state index contributed by atoms with van der Waals surface area (Å²) in [7, 11) is 0. The molecule has 1 atom stereocenters. The lowest BCUT2D eigenvalue weighted by Gasteiger charge is -2.17. The van der Waals surface area contributed by atoms with Crippen LogP contribution in [0, 0.1) is 0 Å². The van der Waals surface area contributed by atoms with Gasteiger partial charge in [-0.3, -0.25) is 19.3 Å². The summed E-state index contributed by atoms with van der Waals surface area (Å²) in [4.78, 5) is 43.5. The van der Waals surface area contributed by atoms with Crippen LogP contribution in [0.3, 0.4) is 0 Å². The topological polar surface area (TPSA) is 97.8 Å². The summed E-state index contributed by atoms with van der Waals surface area (Å²) < 4.78 is 11.2. The normalized spacial score (nSPS) is 17.7. The number of amides is 3. The Balaban J connectivity index is 1.44. The number of pyridine rings is 1. The second-order valence-electron chi connectivity index (χ2n) is 7.62. The van der Waals surface area contributed by atoms with Gasteiger partial charge in [-0.2, -0.15) is 0 Å². The standard InChI is InChI=1S/C23H25N3O5/c1-2-10-31-21-16(5-3-9-24-21)13-25-20(27)15-7-8-18-19(12-15)23(29)26(22(18)28)14-17-6-4-11-30-17/h3,5,7-9,12,17H,2,4,6,10-11,13-14H2,1H3,(H,25,27). The third kappa shape index (κ3) is 4.44. The van der Waals surface area contributed by atoms with Crippen molar-refractivity contribution < 1.29 is 23.9 Å². The molecule has 1 N–H and O–H groups in total. The molecule has 8 nitrogen and oxygen atoms in total. The summed E-state index contributed by atoms with van der Waals surface area (Å²) in [6.45, 7) is 3.68. The number of fused-ring (bicyclic) bond motifs is 1. The minimum absolute atomic E-state index is 0.117. The fraction of sp³-hybridized carbons (Fsp3) is 0.391. The molecule has 3 amide bonds. The molecule has 162 valence electrons. The Kier molecular flexibility index (Phi) is 6.27. The first-order valence-corrected chi connectivity index (χ1v) is 10.5. The lowest BCUT2D eigenvalue weighted by atomic mass is 10.1. The maximum atomic E-state index is 12.8. The quantitative estimate of drug-likeness (QED) is 0.656. The minimum atomic E-state index is -0.382. The summed E-state index contributed by atoms with van der Waals surface area (Å²) in [5, 5.41) is 2.83. The van der Waals surface area contributed by atoms with Crippen LogP contribution in [0.5, 0.6) is 5.88 Å². The SMILES string of the molecule is CCCOc1ncccc1CNC(=O)c1ccc2c(c1)C(=O)N(CC1CCCO1)C2=O. The predicted octanol–water partition coefficient (Wildman–Crippen LogP) is 2.58. The Morgan fingerprint density at radius 2 is 2.10 bits per heavy atom. The first-order valence-electron chi connectivity index (χ1n) is 10.5. The number of imide groups is 1. The van der Waals surface area contributed by atoms with E-state index >= 15 is 0 Å². The van der Waals surface area contributed by atoms with Crippen LogP contribution < -0.4 is 10.1 Å². The molecule has 0 saturated carbocycles. The molecule has 2 aliphatic rings. The van der Waals surface area contributed by atoms with Gasteiger partial charge < -0.3 is 14.8 Å². The van der Waals surface area contributed by atoms with Crippen molar-refractivity contribution in [1.29, 1.82) is 0 Å². The molecule has 0 aliphatic carbocycles. The zero-order chi connectivity index (χ0) is 21.8. The molecule has 0 radical (unpaired) electrons. The Morgan fingerprint density at radius 3 is 2.87 bits per heavy atom. The molecule has 31 heavy (non-hydrogen) atoms. The molecule has 0 spiro atoms. The number of carbonyl (C=O) groups excluding carboxylic acids is 3. The molecule has 0 bridgehead atoms. The second-order valence-corrected chi connectivity index (χ2v) is 7.62. The van der Waals surface area contributed by atoms with Crippen molar-refractivity contribution in [3.8, 4) is 5.88 Å². The highest BCUT2D eigenvalue weighted by molar-refractivity contribution is 6.22. The number of hydrogen-bond donors (Lipinski definition) is 1. The number of aromatic nitrogens is 1. The summed E-state index contributed by atoms with van der Waals surface area (Å²) in [6.07, 6.45) is 4.14. The first kappa shape index (κ1) is 21.0. The van der Waals surface area contributed by atoms with Crippen molar-refractivity contribution in [3.05, 3.63) is 58.8 Å². The molecule has 1 unspecified atom stereocenters. The molecular formula is C23H25N3O5. The summed E-state index contributed by atoms with van der Waals surface area (Å²) in [6, 6.07) is 8.21. The number of nitrogens with zero attached hydrogens (tertiary/aromatic N) is 2. The van der Waals surface area contributed by atoms with Crippen LogP contribution in [0.15, 0.2) is 36.5 Å². The van der Waals surface area contributed by atoms with E-state index in [1.54, 1.807) is 24.4 Å². The Labute approximate surface area is 180 Å². The number of hydrogen-bond acceptors (Lipinski definition) is 6. The van der Waals surface area contributed by atoms with Crippen LogP contribution in [0.1, 0.15) is 62.8 Å². The highest BCUT2D eigenvalue weighted by Gasteiger charge is 2.37. The van der Waals surface area contributed by atoms with Crippen molar-refractivity contribution in [3.63, 3.8) is 0 Å². The molecule has 1 aromatic carbocycles. The predicted molar refractivity (Wildman–Crippen MR) is 112 cm³/mol. The molecular weight excluding hydrogens is 398 g/mol. The fourth-order valence-electron chi connectivity index (χ4n) is 3.75. The second kappa shape index (κ2) is 9.26. The fourth-order valence-corrected chi connectivity index (χ4v) is 3.75. The summed E-state index contributed by atoms with van der Waals surface area (Å²) >= 11 is 0. The van der Waals surface area contributed by atoms with Crippen molar-refractivity contribution in [2.75, 3.05) is 19.8 Å². The van der Waals surface area contributed by atoms with Gasteiger partial charge in [0.2, 0.25) is 5.88 Å². The zero-order valence-electron chi connectivity index (χ0n) is 17.4. The lowest BCUT2D eigenvalue weighted by Crippen LogP contribution is -2.36. The number of ether oxygens (including phenoxy) is 2. The van der Waals surface area contributed by atoms with E-state index in [9.17, 15) is 14.4 Å². The molecule has 1 saturated heterocycles. The van der Waals surface area contributed by atoms with E-state index in [1.165, 1.54) is 11.0 Å². The van der Waals surface area contributed by atoms with E-state index in [0.717, 1.165) is 24.8 Å². The molecule has 2 aromatic rings. The monoisotopic (exact) mass is 423 g/mol. The maximum Gasteiger partial charge on any atom is 0.261 e. The van der Waals surface area contributed by atoms with Gasteiger partial charge in [0.25, 0.3) is 17.7 Å². The number of rotatable bonds is 8. The van der Waals surface area contributed by atoms with E-state index in [2.05, 4.69) is 10.3 Å². The lowest BCUT2D eigenvalue weighted by molar-refractivity contribution is 0.0475. The van der Waals surface area contributed by atoms with Gasteiger partial charge in [-0.1, -0.05) is 13.0 Å². The number of carbonyl (C=O) groups is 3. The van der Waals surface area contributed by atoms with Gasteiger partial charge in [0.15, 0.2) is 0 Å². The van der Waals surface area contributed by atoms with Crippen LogP contribution in [0.4, 0.5) is 0 Å². The Hall–Kier alpha value is -3.26. The third-order valence-electron chi connectivity index (χ3n) is 5.38. The number of benzene rings is 1. The molecule has 1 aromatic heterocycles. The van der Waals surface area contributed by atoms with Crippen LogP contribution in [-0.2, 0) is 11.3 Å². The average Bonchev–Trinajstić information content (AvgIpc) is 3.39. The van der Waals surface area contributed by atoms with Crippen LogP contribution in [0.25, 0.3) is 0 Å². The minimum Gasteiger partial charge on any atom is -0.477 e. The molecule has 4 rings (SSSR count). The van der Waals surface area contributed by atoms with Crippen molar-refractivity contribution in [1.82, 2.24) is 15.2 Å². The highest BCUT2D eigenvalue weighted by atomic mass is 16.5. The van der Waals surface area contributed by atoms with Crippen LogP contribution in [0.2, 0.25) is 0 Å². The smallest absolute Gasteiger partial charge is 0.261 e. The van der Waals surface area contributed by atoms with E-state index in [0.29, 0.717) is 30.2 Å². The summed E-state index contributed by atoms with van der Waals surface area (Å²) in [5.74, 6) is -0.571. The molecule has 8 heteroatoms. The van der Waals surface area contributed by atoms with Crippen LogP contribution in [-0.4, -0.2) is 53.5 Å². The van der Waals surface area contributed by atoms with Gasteiger partial charge >= 0.3 is 0 Å². The average molecular weight is 423 g/mol. The Morgan fingerprint density at radius 1 is 1.26 bits per heavy atom. The van der Waals surface area contributed by atoms with Gasteiger partial charge in [-0.05, 0) is 43.5 Å². The third-order valence-corrected chi connectivity index (χ3v) is 5.38. The summed E-state index contributed by atoms with van der Waals surface area (Å²) in [5.41, 5.74) is 1.66. The van der Waals surface area contributed by atoms with E-state index in [1.807, 2.05) is 13.0 Å². The van der Waals surface area contributed by atoms with Crippen molar-refractivity contribution >= 4 is 17.7 Å². The zero-order valence-corrected chi connectivity index (χ0v) is 17.4. The molecule has 2 aliphatic heterocycles. The van der Waals surface area contributed by atoms with Gasteiger partial charge in [0.05, 0.1) is 30.4 Å². The van der Waals surface area contributed by atoms with Gasteiger partial charge in [-0.15, -0.1) is 0 Å².